The smallest absolute Gasteiger partial charge is 0.255 e. The number of benzene rings is 1. The van der Waals surface area contributed by atoms with E-state index in [1.165, 1.54) is 0 Å². The minimum Gasteiger partial charge on any atom is -0.495 e. The molecule has 1 aromatic carbocycles. The van der Waals surface area contributed by atoms with Crippen LogP contribution in [0.5, 0.6) is 5.75 Å². The first-order valence-electron chi connectivity index (χ1n) is 10.7. The third-order valence-electron chi connectivity index (χ3n) is 5.62. The summed E-state index contributed by atoms with van der Waals surface area (Å²) in [4.78, 5) is 14.1. The Morgan fingerprint density at radius 1 is 1.00 bits per heavy atom. The molecule has 0 amide bonds. The van der Waals surface area contributed by atoms with E-state index in [1.54, 1.807) is 13.4 Å². The molecule has 1 saturated heterocycles. The summed E-state index contributed by atoms with van der Waals surface area (Å²) in [5, 5.41) is 4.71. The van der Waals surface area contributed by atoms with E-state index in [0.717, 1.165) is 62.0 Å². The van der Waals surface area contributed by atoms with Gasteiger partial charge in [-0.15, -0.1) is 5.10 Å². The standard InChI is InChI=1S/C23H26N6O2/c1-3-7-17-16-21(29-23(24-17)25-22(26-29)20-10-6-15-31-20)28-13-11-27(12-14-28)18-8-4-5-9-19(18)30-2/h4-6,8-10,15-16H,3,7,11-14H2,1-2H3. The molecule has 0 saturated carbocycles. The molecule has 0 radical (unpaired) electrons. The van der Waals surface area contributed by atoms with Crippen LogP contribution in [0.1, 0.15) is 19.0 Å². The Bertz CT molecular complexity index is 1160. The highest BCUT2D eigenvalue weighted by molar-refractivity contribution is 5.60. The van der Waals surface area contributed by atoms with Crippen molar-refractivity contribution < 1.29 is 9.15 Å². The zero-order valence-electron chi connectivity index (χ0n) is 17.9. The Kier molecular flexibility index (Phi) is 5.19. The van der Waals surface area contributed by atoms with Crippen LogP contribution < -0.4 is 14.5 Å². The van der Waals surface area contributed by atoms with Crippen LogP contribution in [-0.2, 0) is 6.42 Å². The Balaban J connectivity index is 1.45. The number of para-hydroxylation sites is 2. The minimum atomic E-state index is 0.556. The van der Waals surface area contributed by atoms with E-state index in [-0.39, 0.29) is 0 Å². The summed E-state index contributed by atoms with van der Waals surface area (Å²) in [6, 6.07) is 14.0. The molecule has 0 aliphatic carbocycles. The fourth-order valence-corrected chi connectivity index (χ4v) is 4.09. The number of aromatic nitrogens is 4. The van der Waals surface area contributed by atoms with Gasteiger partial charge in [-0.05, 0) is 30.7 Å². The van der Waals surface area contributed by atoms with E-state index in [1.807, 2.05) is 28.8 Å². The van der Waals surface area contributed by atoms with Crippen molar-refractivity contribution in [2.45, 2.75) is 19.8 Å². The van der Waals surface area contributed by atoms with Gasteiger partial charge in [-0.2, -0.15) is 9.50 Å². The molecule has 160 valence electrons. The summed E-state index contributed by atoms with van der Waals surface area (Å²) in [7, 11) is 1.72. The average molecular weight is 419 g/mol. The van der Waals surface area contributed by atoms with Crippen LogP contribution in [0.2, 0.25) is 0 Å². The second kappa shape index (κ2) is 8.29. The van der Waals surface area contributed by atoms with Crippen molar-refractivity contribution in [3.05, 3.63) is 54.4 Å². The maximum absolute atomic E-state index is 5.55. The van der Waals surface area contributed by atoms with Gasteiger partial charge in [0.05, 0.1) is 19.1 Å². The van der Waals surface area contributed by atoms with Crippen molar-refractivity contribution in [2.24, 2.45) is 0 Å². The van der Waals surface area contributed by atoms with Gasteiger partial charge in [-0.1, -0.05) is 25.5 Å². The topological polar surface area (TPSA) is 71.9 Å². The SMILES string of the molecule is CCCc1cc(N2CCN(c3ccccc3OC)CC2)n2nc(-c3ccco3)nc2n1. The van der Waals surface area contributed by atoms with Crippen LogP contribution in [0.3, 0.4) is 0 Å². The average Bonchev–Trinajstić information content (AvgIpc) is 3.49. The number of fused-ring (bicyclic) bond motifs is 1. The lowest BCUT2D eigenvalue weighted by molar-refractivity contribution is 0.413. The first kappa shape index (κ1) is 19.4. The third kappa shape index (κ3) is 3.69. The number of hydrogen-bond donors (Lipinski definition) is 0. The van der Waals surface area contributed by atoms with E-state index < -0.39 is 0 Å². The van der Waals surface area contributed by atoms with Crippen LogP contribution in [0.4, 0.5) is 11.5 Å². The molecule has 1 fully saturated rings. The summed E-state index contributed by atoms with van der Waals surface area (Å²) in [5.74, 6) is 3.75. The van der Waals surface area contributed by atoms with Gasteiger partial charge in [-0.25, -0.2) is 4.98 Å². The molecule has 8 nitrogen and oxygen atoms in total. The number of piperazine rings is 1. The summed E-state index contributed by atoms with van der Waals surface area (Å²) in [5.41, 5.74) is 2.17. The molecule has 1 aliphatic rings. The molecule has 0 bridgehead atoms. The lowest BCUT2D eigenvalue weighted by Gasteiger charge is -2.37. The lowest BCUT2D eigenvalue weighted by Crippen LogP contribution is -2.47. The quantitative estimate of drug-likeness (QED) is 0.473. The maximum Gasteiger partial charge on any atom is 0.255 e. The number of hydrogen-bond acceptors (Lipinski definition) is 7. The van der Waals surface area contributed by atoms with Crippen LogP contribution in [0, 0.1) is 0 Å². The summed E-state index contributed by atoms with van der Waals surface area (Å²) < 4.78 is 12.9. The van der Waals surface area contributed by atoms with Crippen LogP contribution >= 0.6 is 0 Å². The summed E-state index contributed by atoms with van der Waals surface area (Å²) >= 11 is 0. The van der Waals surface area contributed by atoms with E-state index >= 15 is 0 Å². The third-order valence-corrected chi connectivity index (χ3v) is 5.62. The van der Waals surface area contributed by atoms with Gasteiger partial charge in [0, 0.05) is 37.9 Å². The highest BCUT2D eigenvalue weighted by atomic mass is 16.5. The second-order valence-corrected chi connectivity index (χ2v) is 7.63. The van der Waals surface area contributed by atoms with Crippen molar-refractivity contribution in [2.75, 3.05) is 43.1 Å². The normalized spacial score (nSPS) is 14.4. The summed E-state index contributed by atoms with van der Waals surface area (Å²) in [6.07, 6.45) is 3.58. The van der Waals surface area contributed by atoms with Gasteiger partial charge in [0.15, 0.2) is 5.76 Å². The van der Waals surface area contributed by atoms with E-state index in [4.69, 9.17) is 19.2 Å². The molecule has 4 heterocycles. The number of methoxy groups -OCH3 is 1. The van der Waals surface area contributed by atoms with Gasteiger partial charge < -0.3 is 19.0 Å². The molecular weight excluding hydrogens is 392 g/mol. The van der Waals surface area contributed by atoms with Crippen LogP contribution in [0.15, 0.2) is 53.1 Å². The monoisotopic (exact) mass is 418 g/mol. The first-order chi connectivity index (χ1) is 15.3. The Morgan fingerprint density at radius 3 is 2.55 bits per heavy atom. The predicted octanol–water partition coefficient (Wildman–Crippen LogP) is 3.67. The maximum atomic E-state index is 5.55. The van der Waals surface area contributed by atoms with Gasteiger partial charge in [0.25, 0.3) is 5.78 Å². The lowest BCUT2D eigenvalue weighted by atomic mass is 10.2. The predicted molar refractivity (Wildman–Crippen MR) is 120 cm³/mol. The zero-order valence-corrected chi connectivity index (χ0v) is 17.9. The molecule has 8 heteroatoms. The van der Waals surface area contributed by atoms with Gasteiger partial charge >= 0.3 is 0 Å². The van der Waals surface area contributed by atoms with Crippen molar-refractivity contribution in [1.29, 1.82) is 0 Å². The molecule has 31 heavy (non-hydrogen) atoms. The molecule has 0 atom stereocenters. The number of furan rings is 1. The van der Waals surface area contributed by atoms with E-state index in [0.29, 0.717) is 17.4 Å². The number of anilines is 2. The summed E-state index contributed by atoms with van der Waals surface area (Å²) in [6.45, 7) is 5.70. The molecule has 1 aliphatic heterocycles. The highest BCUT2D eigenvalue weighted by Crippen LogP contribution is 2.29. The fourth-order valence-electron chi connectivity index (χ4n) is 4.09. The zero-order chi connectivity index (χ0) is 21.2. The van der Waals surface area contributed by atoms with Crippen molar-refractivity contribution in [3.8, 4) is 17.3 Å². The first-order valence-corrected chi connectivity index (χ1v) is 10.7. The largest absolute Gasteiger partial charge is 0.495 e. The Labute approximate surface area is 181 Å². The second-order valence-electron chi connectivity index (χ2n) is 7.63. The van der Waals surface area contributed by atoms with Gasteiger partial charge in [0.1, 0.15) is 11.6 Å². The number of nitrogens with zero attached hydrogens (tertiary/aromatic N) is 6. The Hall–Kier alpha value is -3.55. The number of ether oxygens (including phenoxy) is 1. The van der Waals surface area contributed by atoms with E-state index in [2.05, 4.69) is 39.9 Å². The van der Waals surface area contributed by atoms with Crippen molar-refractivity contribution >= 4 is 17.3 Å². The molecule has 0 N–H and O–H groups in total. The van der Waals surface area contributed by atoms with Crippen molar-refractivity contribution in [3.63, 3.8) is 0 Å². The van der Waals surface area contributed by atoms with Crippen LogP contribution in [0.25, 0.3) is 17.4 Å². The highest BCUT2D eigenvalue weighted by Gasteiger charge is 2.23. The van der Waals surface area contributed by atoms with Crippen LogP contribution in [-0.4, -0.2) is 52.9 Å². The van der Waals surface area contributed by atoms with Crippen molar-refractivity contribution in [1.82, 2.24) is 19.6 Å². The molecule has 4 aromatic rings. The molecular formula is C23H26N6O2. The molecule has 3 aromatic heterocycles. The number of rotatable bonds is 6. The molecule has 5 rings (SSSR count). The minimum absolute atomic E-state index is 0.556. The molecule has 0 spiro atoms. The van der Waals surface area contributed by atoms with Gasteiger partial charge in [-0.3, -0.25) is 0 Å². The number of aryl methyl sites for hydroxylation is 1. The van der Waals surface area contributed by atoms with E-state index in [9.17, 15) is 0 Å². The fraction of sp³-hybridized carbons (Fsp3) is 0.348. The molecule has 0 unspecified atom stereocenters. The Morgan fingerprint density at radius 2 is 1.81 bits per heavy atom. The van der Waals surface area contributed by atoms with Gasteiger partial charge in [0.2, 0.25) is 5.82 Å².